The van der Waals surface area contributed by atoms with Gasteiger partial charge in [0.15, 0.2) is 0 Å². The highest BCUT2D eigenvalue weighted by Crippen LogP contribution is 2.26. The molecular weight excluding hydrogens is 284 g/mol. The third-order valence-corrected chi connectivity index (χ3v) is 5.04. The van der Waals surface area contributed by atoms with E-state index in [1.165, 1.54) is 0 Å². The molecule has 2 N–H and O–H groups in total. The first-order valence-corrected chi connectivity index (χ1v) is 7.99. The van der Waals surface area contributed by atoms with E-state index in [2.05, 4.69) is 0 Å². The number of nitrogens with zero attached hydrogens (tertiary/aromatic N) is 1. The molecule has 1 aliphatic heterocycles. The van der Waals surface area contributed by atoms with E-state index in [9.17, 15) is 9.00 Å². The molecular formula is C13H17ClN2O2S. The average Bonchev–Trinajstić information content (AvgIpc) is 2.39. The molecule has 0 spiro atoms. The van der Waals surface area contributed by atoms with Crippen LogP contribution in [0, 0.1) is 0 Å². The van der Waals surface area contributed by atoms with Crippen molar-refractivity contribution in [2.75, 3.05) is 24.6 Å². The first-order chi connectivity index (χ1) is 9.09. The largest absolute Gasteiger partial charge is 0.398 e. The van der Waals surface area contributed by atoms with Gasteiger partial charge in [0.05, 0.1) is 20.7 Å². The van der Waals surface area contributed by atoms with E-state index >= 15 is 0 Å². The number of hydrogen-bond acceptors (Lipinski definition) is 3. The predicted octanol–water partition coefficient (Wildman–Crippen LogP) is 2.04. The van der Waals surface area contributed by atoms with E-state index in [0.29, 0.717) is 15.6 Å². The summed E-state index contributed by atoms with van der Waals surface area (Å²) in [5, 5.41) is 0.352. The molecule has 1 unspecified atom stereocenters. The van der Waals surface area contributed by atoms with E-state index in [1.54, 1.807) is 23.1 Å². The topological polar surface area (TPSA) is 63.4 Å². The van der Waals surface area contributed by atoms with Crippen molar-refractivity contribution >= 4 is 34.0 Å². The molecule has 0 radical (unpaired) electrons. The minimum atomic E-state index is -1.49. The number of hydrogen-bond donors (Lipinski definition) is 1. The van der Waals surface area contributed by atoms with Crippen molar-refractivity contribution in [3.63, 3.8) is 0 Å². The lowest BCUT2D eigenvalue weighted by Gasteiger charge is -2.26. The van der Waals surface area contributed by atoms with Gasteiger partial charge >= 0.3 is 0 Å². The Hall–Kier alpha value is -1.07. The number of carbonyl (C=O) groups is 1. The zero-order chi connectivity index (χ0) is 13.8. The van der Waals surface area contributed by atoms with Crippen LogP contribution in [0.4, 0.5) is 5.69 Å². The fourth-order valence-corrected chi connectivity index (χ4v) is 3.79. The minimum Gasteiger partial charge on any atom is -0.398 e. The summed E-state index contributed by atoms with van der Waals surface area (Å²) in [5.74, 6) is -0.133. The number of amides is 1. The average molecular weight is 301 g/mol. The molecule has 1 aromatic carbocycles. The Morgan fingerprint density at radius 3 is 2.63 bits per heavy atom. The summed E-state index contributed by atoms with van der Waals surface area (Å²) in [7, 11) is -1.49. The molecule has 1 aromatic rings. The van der Waals surface area contributed by atoms with Gasteiger partial charge in [-0.3, -0.25) is 9.00 Å². The Morgan fingerprint density at radius 1 is 1.32 bits per heavy atom. The van der Waals surface area contributed by atoms with Crippen molar-refractivity contribution in [3.8, 4) is 0 Å². The fraction of sp³-hybridized carbons (Fsp3) is 0.462. The van der Waals surface area contributed by atoms with Gasteiger partial charge in [0.1, 0.15) is 5.75 Å². The van der Waals surface area contributed by atoms with Crippen LogP contribution in [-0.2, 0) is 15.6 Å². The number of anilines is 1. The van der Waals surface area contributed by atoms with E-state index in [-0.39, 0.29) is 11.7 Å². The molecule has 6 heteroatoms. The van der Waals surface area contributed by atoms with Crippen LogP contribution in [0.15, 0.2) is 23.1 Å². The number of carbonyl (C=O) groups excluding carboxylic acids is 1. The summed E-state index contributed by atoms with van der Waals surface area (Å²) in [4.78, 5) is 14.2. The van der Waals surface area contributed by atoms with Crippen molar-refractivity contribution in [2.24, 2.45) is 0 Å². The lowest BCUT2D eigenvalue weighted by Crippen LogP contribution is -2.38. The number of benzene rings is 1. The van der Waals surface area contributed by atoms with E-state index < -0.39 is 10.8 Å². The number of nitrogen functional groups attached to an aromatic ring is 1. The second-order valence-corrected chi connectivity index (χ2v) is 6.38. The van der Waals surface area contributed by atoms with Crippen LogP contribution in [0.3, 0.4) is 0 Å². The molecule has 104 valence electrons. The highest BCUT2D eigenvalue weighted by Gasteiger charge is 2.21. The Bertz CT molecular complexity index is 481. The third-order valence-electron chi connectivity index (χ3n) is 3.19. The Balaban J connectivity index is 2.06. The number of nitrogens with two attached hydrogens (primary N) is 1. The molecule has 4 nitrogen and oxygen atoms in total. The smallest absolute Gasteiger partial charge is 0.235 e. The standard InChI is InChI=1S/C13H17ClN2O2S/c14-10-5-4-6-11(15)13(10)19(18)9-12(17)16-7-2-1-3-8-16/h4-6H,1-3,7-9,15H2. The van der Waals surface area contributed by atoms with Crippen LogP contribution < -0.4 is 5.73 Å². The predicted molar refractivity (Wildman–Crippen MR) is 77.6 cm³/mol. The van der Waals surface area contributed by atoms with Crippen LogP contribution in [0.5, 0.6) is 0 Å². The highest BCUT2D eigenvalue weighted by molar-refractivity contribution is 7.86. The van der Waals surface area contributed by atoms with Gasteiger partial charge in [0.25, 0.3) is 0 Å². The summed E-state index contributed by atoms with van der Waals surface area (Å²) in [5.41, 5.74) is 6.15. The van der Waals surface area contributed by atoms with Crippen molar-refractivity contribution in [2.45, 2.75) is 24.2 Å². The lowest BCUT2D eigenvalue weighted by molar-refractivity contribution is -0.129. The van der Waals surface area contributed by atoms with E-state index in [0.717, 1.165) is 32.4 Å². The second-order valence-electron chi connectivity index (χ2n) is 4.59. The third kappa shape index (κ3) is 3.48. The zero-order valence-electron chi connectivity index (χ0n) is 10.6. The molecule has 0 aromatic heterocycles. The molecule has 0 saturated carbocycles. The maximum atomic E-state index is 12.2. The first-order valence-electron chi connectivity index (χ1n) is 6.29. The van der Waals surface area contributed by atoms with Gasteiger partial charge in [0.2, 0.25) is 5.91 Å². The molecule has 1 heterocycles. The fourth-order valence-electron chi connectivity index (χ4n) is 2.18. The molecule has 1 atom stereocenters. The number of piperidine rings is 1. The zero-order valence-corrected chi connectivity index (χ0v) is 12.2. The molecule has 0 aliphatic carbocycles. The van der Waals surface area contributed by atoms with Gasteiger partial charge in [-0.25, -0.2) is 0 Å². The van der Waals surface area contributed by atoms with Crippen molar-refractivity contribution in [1.82, 2.24) is 4.90 Å². The van der Waals surface area contributed by atoms with Crippen molar-refractivity contribution < 1.29 is 9.00 Å². The molecule has 19 heavy (non-hydrogen) atoms. The van der Waals surface area contributed by atoms with E-state index in [1.807, 2.05) is 0 Å². The van der Waals surface area contributed by atoms with Gasteiger partial charge in [-0.2, -0.15) is 0 Å². The quantitative estimate of drug-likeness (QED) is 0.869. The second kappa shape index (κ2) is 6.39. The molecule has 1 saturated heterocycles. The van der Waals surface area contributed by atoms with Gasteiger partial charge in [-0.15, -0.1) is 0 Å². The number of halogens is 1. The Morgan fingerprint density at radius 2 is 2.00 bits per heavy atom. The van der Waals surface area contributed by atoms with Crippen molar-refractivity contribution in [1.29, 1.82) is 0 Å². The Kier molecular flexibility index (Phi) is 4.82. The summed E-state index contributed by atoms with van der Waals surface area (Å²) in [6.07, 6.45) is 3.20. The maximum absolute atomic E-state index is 12.2. The molecule has 1 fully saturated rings. The van der Waals surface area contributed by atoms with Gasteiger partial charge < -0.3 is 10.6 Å². The van der Waals surface area contributed by atoms with Crippen LogP contribution in [0.1, 0.15) is 19.3 Å². The van der Waals surface area contributed by atoms with Crippen LogP contribution in [0.25, 0.3) is 0 Å². The first kappa shape index (κ1) is 14.3. The van der Waals surface area contributed by atoms with Gasteiger partial charge in [-0.05, 0) is 31.4 Å². The van der Waals surface area contributed by atoms with E-state index in [4.69, 9.17) is 17.3 Å². The normalized spacial score (nSPS) is 17.2. The van der Waals surface area contributed by atoms with Gasteiger partial charge in [-0.1, -0.05) is 17.7 Å². The SMILES string of the molecule is Nc1cccc(Cl)c1S(=O)CC(=O)N1CCCCC1. The summed E-state index contributed by atoms with van der Waals surface area (Å²) in [6.45, 7) is 1.52. The molecule has 0 bridgehead atoms. The maximum Gasteiger partial charge on any atom is 0.235 e. The highest BCUT2D eigenvalue weighted by atomic mass is 35.5. The van der Waals surface area contributed by atoms with Crippen LogP contribution in [-0.4, -0.2) is 33.9 Å². The Labute approximate surface area is 120 Å². The molecule has 1 amide bonds. The van der Waals surface area contributed by atoms with Crippen LogP contribution >= 0.6 is 11.6 Å². The number of rotatable bonds is 3. The minimum absolute atomic E-state index is 0.0477. The molecule has 1 aliphatic rings. The van der Waals surface area contributed by atoms with Crippen LogP contribution in [0.2, 0.25) is 5.02 Å². The van der Waals surface area contributed by atoms with Crippen molar-refractivity contribution in [3.05, 3.63) is 23.2 Å². The van der Waals surface area contributed by atoms with Gasteiger partial charge in [0, 0.05) is 18.8 Å². The monoisotopic (exact) mass is 300 g/mol. The summed E-state index contributed by atoms with van der Waals surface area (Å²) in [6, 6.07) is 4.98. The summed E-state index contributed by atoms with van der Waals surface area (Å²) >= 11 is 6.00. The summed E-state index contributed by atoms with van der Waals surface area (Å²) < 4.78 is 12.2. The number of likely N-dealkylation sites (tertiary alicyclic amines) is 1. The molecule has 2 rings (SSSR count). The lowest BCUT2D eigenvalue weighted by atomic mass is 10.1.